The zero-order valence-electron chi connectivity index (χ0n) is 18.2. The lowest BCUT2D eigenvalue weighted by atomic mass is 10.0. The molecule has 1 heterocycles. The number of hydrogen-bond acceptors (Lipinski definition) is 3. The second-order valence-electron chi connectivity index (χ2n) is 7.79. The molecular formula is C30H24N2O. The van der Waals surface area contributed by atoms with Crippen molar-refractivity contribution in [2.75, 3.05) is 5.32 Å². The fraction of sp³-hybridized carbons (Fsp3) is 0.0333. The van der Waals surface area contributed by atoms with Crippen LogP contribution < -0.4 is 10.1 Å². The maximum Gasteiger partial charge on any atom is 0.221 e. The highest BCUT2D eigenvalue weighted by Gasteiger charge is 2.11. The predicted octanol–water partition coefficient (Wildman–Crippen LogP) is 7.74. The zero-order valence-corrected chi connectivity index (χ0v) is 18.2. The van der Waals surface area contributed by atoms with Crippen LogP contribution in [0.2, 0.25) is 0 Å². The molecule has 0 bridgehead atoms. The Bertz CT molecular complexity index is 1300. The standard InChI is InChI=1S/C30H24N2O/c1-4-10-23(11-5-1)22-33-30-29(20-28(21-31-30)32-27-14-8-3-9-15-27)26-18-16-25(17-19-26)24-12-6-2-7-13-24/h1-21,32H,22H2. The van der Waals surface area contributed by atoms with E-state index in [1.165, 1.54) is 11.1 Å². The molecule has 1 N–H and O–H groups in total. The molecule has 0 saturated heterocycles. The number of anilines is 2. The lowest BCUT2D eigenvalue weighted by Gasteiger charge is -2.14. The van der Waals surface area contributed by atoms with Crippen molar-refractivity contribution in [3.63, 3.8) is 0 Å². The number of aromatic nitrogens is 1. The molecule has 0 amide bonds. The average Bonchev–Trinajstić information content (AvgIpc) is 2.90. The van der Waals surface area contributed by atoms with Gasteiger partial charge in [0, 0.05) is 11.3 Å². The van der Waals surface area contributed by atoms with Gasteiger partial charge in [0.15, 0.2) is 0 Å². The SMILES string of the molecule is c1ccc(COc2ncc(Nc3ccccc3)cc2-c2ccc(-c3ccccc3)cc2)cc1. The maximum absolute atomic E-state index is 6.16. The van der Waals surface area contributed by atoms with E-state index < -0.39 is 0 Å². The summed E-state index contributed by atoms with van der Waals surface area (Å²) in [5.41, 5.74) is 7.42. The summed E-state index contributed by atoms with van der Waals surface area (Å²) in [6.07, 6.45) is 1.81. The molecule has 160 valence electrons. The van der Waals surface area contributed by atoms with Gasteiger partial charge in [0.25, 0.3) is 0 Å². The van der Waals surface area contributed by atoms with E-state index in [2.05, 4.69) is 77.0 Å². The summed E-state index contributed by atoms with van der Waals surface area (Å²) < 4.78 is 6.16. The van der Waals surface area contributed by atoms with Crippen molar-refractivity contribution in [2.24, 2.45) is 0 Å². The third-order valence-electron chi connectivity index (χ3n) is 5.44. The Hall–Kier alpha value is -4.37. The van der Waals surface area contributed by atoms with Gasteiger partial charge in [-0.05, 0) is 40.5 Å². The van der Waals surface area contributed by atoms with Crippen molar-refractivity contribution in [3.05, 3.63) is 133 Å². The predicted molar refractivity (Wildman–Crippen MR) is 136 cm³/mol. The largest absolute Gasteiger partial charge is 0.472 e. The van der Waals surface area contributed by atoms with Crippen molar-refractivity contribution >= 4 is 11.4 Å². The topological polar surface area (TPSA) is 34.1 Å². The van der Waals surface area contributed by atoms with E-state index in [4.69, 9.17) is 4.74 Å². The summed E-state index contributed by atoms with van der Waals surface area (Å²) in [5, 5.41) is 3.43. The van der Waals surface area contributed by atoms with E-state index in [-0.39, 0.29) is 0 Å². The first-order valence-corrected chi connectivity index (χ1v) is 11.0. The van der Waals surface area contributed by atoms with E-state index in [1.807, 2.05) is 60.8 Å². The van der Waals surface area contributed by atoms with Crippen LogP contribution in [0.5, 0.6) is 5.88 Å². The van der Waals surface area contributed by atoms with E-state index >= 15 is 0 Å². The number of nitrogens with one attached hydrogen (secondary N) is 1. The summed E-state index contributed by atoms with van der Waals surface area (Å²) >= 11 is 0. The molecule has 5 rings (SSSR count). The molecule has 0 unspecified atom stereocenters. The molecule has 3 nitrogen and oxygen atoms in total. The average molecular weight is 429 g/mol. The lowest BCUT2D eigenvalue weighted by molar-refractivity contribution is 0.295. The van der Waals surface area contributed by atoms with Gasteiger partial charge in [-0.2, -0.15) is 0 Å². The lowest BCUT2D eigenvalue weighted by Crippen LogP contribution is -2.00. The number of hydrogen-bond donors (Lipinski definition) is 1. The molecule has 0 aliphatic carbocycles. The summed E-state index contributed by atoms with van der Waals surface area (Å²) in [4.78, 5) is 4.66. The third kappa shape index (κ3) is 5.10. The second kappa shape index (κ2) is 9.84. The van der Waals surface area contributed by atoms with Crippen molar-refractivity contribution in [1.82, 2.24) is 4.98 Å². The summed E-state index contributed by atoms with van der Waals surface area (Å²) in [7, 11) is 0. The second-order valence-corrected chi connectivity index (χ2v) is 7.79. The molecule has 33 heavy (non-hydrogen) atoms. The molecule has 0 spiro atoms. The Labute approximate surface area is 194 Å². The zero-order chi connectivity index (χ0) is 22.3. The number of nitrogens with zero attached hydrogens (tertiary/aromatic N) is 1. The number of pyridine rings is 1. The minimum atomic E-state index is 0.467. The Kier molecular flexibility index (Phi) is 6.12. The molecule has 0 aliphatic heterocycles. The fourth-order valence-electron chi connectivity index (χ4n) is 3.73. The van der Waals surface area contributed by atoms with Gasteiger partial charge < -0.3 is 10.1 Å². The first-order chi connectivity index (χ1) is 16.3. The first-order valence-electron chi connectivity index (χ1n) is 11.0. The smallest absolute Gasteiger partial charge is 0.221 e. The van der Waals surface area contributed by atoms with Gasteiger partial charge in [0.2, 0.25) is 5.88 Å². The summed E-state index contributed by atoms with van der Waals surface area (Å²) in [6, 6.07) is 41.3. The summed E-state index contributed by atoms with van der Waals surface area (Å²) in [5.74, 6) is 0.616. The molecule has 0 aliphatic rings. The molecule has 0 radical (unpaired) electrons. The monoisotopic (exact) mass is 428 g/mol. The van der Waals surface area contributed by atoms with E-state index in [9.17, 15) is 0 Å². The molecule has 0 saturated carbocycles. The van der Waals surface area contributed by atoms with Crippen LogP contribution in [0.1, 0.15) is 5.56 Å². The van der Waals surface area contributed by atoms with Gasteiger partial charge >= 0.3 is 0 Å². The van der Waals surface area contributed by atoms with Crippen LogP contribution in [-0.4, -0.2) is 4.98 Å². The number of rotatable bonds is 7. The Morgan fingerprint density at radius 2 is 1.15 bits per heavy atom. The van der Waals surface area contributed by atoms with Crippen LogP contribution in [0.25, 0.3) is 22.3 Å². The molecule has 0 fully saturated rings. The van der Waals surface area contributed by atoms with E-state index in [1.54, 1.807) is 0 Å². The molecular weight excluding hydrogens is 404 g/mol. The van der Waals surface area contributed by atoms with Gasteiger partial charge in [0.05, 0.1) is 11.9 Å². The molecule has 1 aromatic heterocycles. The van der Waals surface area contributed by atoms with E-state index in [0.717, 1.165) is 28.1 Å². The van der Waals surface area contributed by atoms with Crippen LogP contribution in [0.3, 0.4) is 0 Å². The summed E-state index contributed by atoms with van der Waals surface area (Å²) in [6.45, 7) is 0.467. The minimum absolute atomic E-state index is 0.467. The van der Waals surface area contributed by atoms with Crippen molar-refractivity contribution in [2.45, 2.75) is 6.61 Å². The highest BCUT2D eigenvalue weighted by Crippen LogP contribution is 2.33. The highest BCUT2D eigenvalue weighted by molar-refractivity contribution is 5.76. The maximum atomic E-state index is 6.16. The van der Waals surface area contributed by atoms with Gasteiger partial charge in [-0.3, -0.25) is 0 Å². The Morgan fingerprint density at radius 3 is 1.85 bits per heavy atom. The number of ether oxygens (including phenoxy) is 1. The Morgan fingerprint density at radius 1 is 0.576 bits per heavy atom. The van der Waals surface area contributed by atoms with Crippen LogP contribution in [-0.2, 0) is 6.61 Å². The van der Waals surface area contributed by atoms with Gasteiger partial charge in [0.1, 0.15) is 6.61 Å². The van der Waals surface area contributed by atoms with Crippen LogP contribution in [0, 0.1) is 0 Å². The molecule has 0 atom stereocenters. The highest BCUT2D eigenvalue weighted by atomic mass is 16.5. The van der Waals surface area contributed by atoms with Crippen molar-refractivity contribution < 1.29 is 4.74 Å². The Balaban J connectivity index is 1.47. The normalized spacial score (nSPS) is 10.5. The van der Waals surface area contributed by atoms with Gasteiger partial charge in [-0.1, -0.05) is 103 Å². The van der Waals surface area contributed by atoms with Gasteiger partial charge in [-0.25, -0.2) is 4.98 Å². The fourth-order valence-corrected chi connectivity index (χ4v) is 3.73. The van der Waals surface area contributed by atoms with Crippen molar-refractivity contribution in [1.29, 1.82) is 0 Å². The molecule has 5 aromatic rings. The van der Waals surface area contributed by atoms with Gasteiger partial charge in [-0.15, -0.1) is 0 Å². The molecule has 3 heteroatoms. The first kappa shape index (κ1) is 20.5. The van der Waals surface area contributed by atoms with Crippen molar-refractivity contribution in [3.8, 4) is 28.1 Å². The number of para-hydroxylation sites is 1. The minimum Gasteiger partial charge on any atom is -0.472 e. The third-order valence-corrected chi connectivity index (χ3v) is 5.44. The number of benzene rings is 4. The van der Waals surface area contributed by atoms with Crippen LogP contribution in [0.15, 0.2) is 128 Å². The quantitative estimate of drug-likeness (QED) is 0.288. The van der Waals surface area contributed by atoms with E-state index in [0.29, 0.717) is 12.5 Å². The van der Waals surface area contributed by atoms with Crippen LogP contribution in [0.4, 0.5) is 11.4 Å². The molecule has 4 aromatic carbocycles. The van der Waals surface area contributed by atoms with Crippen LogP contribution >= 0.6 is 0 Å².